The molecule has 7 heteroatoms. The number of benzene rings is 1. The summed E-state index contributed by atoms with van der Waals surface area (Å²) in [7, 11) is 0. The fourth-order valence-corrected chi connectivity index (χ4v) is 2.99. The molecule has 2 heterocycles. The van der Waals surface area contributed by atoms with Gasteiger partial charge in [0.2, 0.25) is 0 Å². The average Bonchev–Trinajstić information content (AvgIpc) is 2.97. The van der Waals surface area contributed by atoms with Gasteiger partial charge in [0.15, 0.2) is 0 Å². The summed E-state index contributed by atoms with van der Waals surface area (Å²) in [6, 6.07) is 6.65. The molecule has 3 N–H and O–H groups in total. The summed E-state index contributed by atoms with van der Waals surface area (Å²) in [5, 5.41) is 19.9. The van der Waals surface area contributed by atoms with Crippen LogP contribution in [0.2, 0.25) is 0 Å². The lowest BCUT2D eigenvalue weighted by molar-refractivity contribution is -0.105. The van der Waals surface area contributed by atoms with E-state index >= 15 is 0 Å². The third-order valence-corrected chi connectivity index (χ3v) is 4.26. The maximum absolute atomic E-state index is 12.0. The third-order valence-electron chi connectivity index (χ3n) is 4.26. The monoisotopic (exact) mass is 318 g/mol. The molecule has 0 unspecified atom stereocenters. The first kappa shape index (κ1) is 15.5. The molecule has 2 atom stereocenters. The highest BCUT2D eigenvalue weighted by Crippen LogP contribution is 2.45. The molecule has 0 bridgehead atoms. The largest absolute Gasteiger partial charge is 0.508 e. The van der Waals surface area contributed by atoms with Crippen LogP contribution in [0.1, 0.15) is 30.2 Å². The van der Waals surface area contributed by atoms with Gasteiger partial charge < -0.3 is 14.9 Å². The lowest BCUT2D eigenvalue weighted by atomic mass is 9.91. The summed E-state index contributed by atoms with van der Waals surface area (Å²) in [5.74, 6) is 0.0344. The second-order valence-electron chi connectivity index (χ2n) is 5.76. The van der Waals surface area contributed by atoms with Crippen LogP contribution in [0.25, 0.3) is 0 Å². The number of aliphatic hydroxyl groups excluding tert-OH is 1. The molecular formula is C16H18N2O5. The predicted octanol–water partition coefficient (Wildman–Crippen LogP) is 0.747. The van der Waals surface area contributed by atoms with Gasteiger partial charge in [-0.15, -0.1) is 0 Å². The molecule has 0 aliphatic carbocycles. The minimum absolute atomic E-state index is 0.0344. The number of H-pyrrole nitrogens is 1. The van der Waals surface area contributed by atoms with E-state index in [0.717, 1.165) is 0 Å². The quantitative estimate of drug-likeness (QED) is 0.774. The molecule has 7 nitrogen and oxygen atoms in total. The van der Waals surface area contributed by atoms with Crippen molar-refractivity contribution in [3.8, 4) is 5.75 Å². The molecule has 0 spiro atoms. The Morgan fingerprint density at radius 2 is 2.13 bits per heavy atom. The Bertz CT molecular complexity index is 841. The van der Waals surface area contributed by atoms with Crippen molar-refractivity contribution in [1.82, 2.24) is 9.55 Å². The third kappa shape index (κ3) is 2.58. The number of nitrogens with one attached hydrogen (secondary N) is 1. The van der Waals surface area contributed by atoms with E-state index in [1.807, 2.05) is 0 Å². The Hall–Kier alpha value is -2.38. The number of hydrogen-bond donors (Lipinski definition) is 3. The lowest BCUT2D eigenvalue weighted by Crippen LogP contribution is -2.35. The van der Waals surface area contributed by atoms with Crippen LogP contribution in [0.3, 0.4) is 0 Å². The number of rotatable bonds is 3. The molecular weight excluding hydrogens is 300 g/mol. The van der Waals surface area contributed by atoms with Crippen molar-refractivity contribution in [2.45, 2.75) is 31.6 Å². The van der Waals surface area contributed by atoms with Crippen LogP contribution in [0.5, 0.6) is 5.75 Å². The molecule has 2 aromatic rings. The van der Waals surface area contributed by atoms with Crippen molar-refractivity contribution in [3.63, 3.8) is 0 Å². The normalized spacial score (nSPS) is 24.0. The first-order chi connectivity index (χ1) is 11.0. The fourth-order valence-electron chi connectivity index (χ4n) is 2.99. The maximum atomic E-state index is 12.0. The Morgan fingerprint density at radius 1 is 1.39 bits per heavy atom. The van der Waals surface area contributed by atoms with E-state index in [1.165, 1.54) is 16.8 Å². The van der Waals surface area contributed by atoms with Crippen LogP contribution >= 0.6 is 0 Å². The molecule has 1 saturated heterocycles. The predicted molar refractivity (Wildman–Crippen MR) is 82.3 cm³/mol. The standard InChI is InChI=1S/C16H18N2O5/c1-10-8-18(15(22)17-14(10)21)13-6-7-16(9-19,23-13)11-4-2-3-5-12(11)20/h2-5,8,13,19-20H,6-7,9H2,1H3,(H,17,21,22)/t13-,16-/m0/s1. The van der Waals surface area contributed by atoms with Crippen LogP contribution in [0.4, 0.5) is 0 Å². The number of phenolic OH excluding ortho intramolecular Hbond substituents is 1. The lowest BCUT2D eigenvalue weighted by Gasteiger charge is -2.28. The zero-order chi connectivity index (χ0) is 16.6. The van der Waals surface area contributed by atoms with Crippen molar-refractivity contribution in [1.29, 1.82) is 0 Å². The van der Waals surface area contributed by atoms with E-state index in [4.69, 9.17) is 4.74 Å². The van der Waals surface area contributed by atoms with E-state index in [0.29, 0.717) is 24.0 Å². The smallest absolute Gasteiger partial charge is 0.330 e. The molecule has 1 fully saturated rings. The minimum Gasteiger partial charge on any atom is -0.508 e. The number of ether oxygens (including phenoxy) is 1. The van der Waals surface area contributed by atoms with Crippen LogP contribution < -0.4 is 11.2 Å². The summed E-state index contributed by atoms with van der Waals surface area (Å²) >= 11 is 0. The summed E-state index contributed by atoms with van der Waals surface area (Å²) in [5.41, 5.74) is -1.18. The minimum atomic E-state index is -1.07. The summed E-state index contributed by atoms with van der Waals surface area (Å²) in [6.07, 6.45) is 1.74. The maximum Gasteiger partial charge on any atom is 0.330 e. The second kappa shape index (κ2) is 5.68. The van der Waals surface area contributed by atoms with Gasteiger partial charge in [0, 0.05) is 17.3 Å². The van der Waals surface area contributed by atoms with Crippen molar-refractivity contribution in [3.05, 3.63) is 62.4 Å². The van der Waals surface area contributed by atoms with Crippen LogP contribution in [0, 0.1) is 6.92 Å². The topological polar surface area (TPSA) is 105 Å². The Balaban J connectivity index is 1.99. The van der Waals surface area contributed by atoms with Gasteiger partial charge in [0.1, 0.15) is 17.6 Å². The van der Waals surface area contributed by atoms with E-state index in [1.54, 1.807) is 25.1 Å². The molecule has 0 amide bonds. The van der Waals surface area contributed by atoms with E-state index < -0.39 is 23.1 Å². The Morgan fingerprint density at radius 3 is 2.83 bits per heavy atom. The summed E-state index contributed by atoms with van der Waals surface area (Å²) in [4.78, 5) is 25.7. The van der Waals surface area contributed by atoms with Crippen LogP contribution in [-0.4, -0.2) is 26.4 Å². The van der Waals surface area contributed by atoms with Crippen molar-refractivity contribution >= 4 is 0 Å². The number of aryl methyl sites for hydroxylation is 1. The van der Waals surface area contributed by atoms with Gasteiger partial charge >= 0.3 is 5.69 Å². The SMILES string of the molecule is Cc1cn([C@@H]2CC[C@](CO)(c3ccccc3O)O2)c(=O)[nH]c1=O. The molecule has 3 rings (SSSR count). The fraction of sp³-hybridized carbons (Fsp3) is 0.375. The molecule has 1 aromatic carbocycles. The van der Waals surface area contributed by atoms with Gasteiger partial charge in [-0.3, -0.25) is 14.3 Å². The highest BCUT2D eigenvalue weighted by molar-refractivity contribution is 5.37. The number of aliphatic hydroxyl groups is 1. The van der Waals surface area contributed by atoms with Gasteiger partial charge in [0.25, 0.3) is 5.56 Å². The van der Waals surface area contributed by atoms with Gasteiger partial charge in [-0.1, -0.05) is 18.2 Å². The highest BCUT2D eigenvalue weighted by Gasteiger charge is 2.43. The van der Waals surface area contributed by atoms with Gasteiger partial charge in [-0.2, -0.15) is 0 Å². The number of nitrogens with zero attached hydrogens (tertiary/aromatic N) is 1. The van der Waals surface area contributed by atoms with Crippen LogP contribution in [-0.2, 0) is 10.3 Å². The second-order valence-corrected chi connectivity index (χ2v) is 5.76. The number of hydrogen-bond acceptors (Lipinski definition) is 5. The number of para-hydroxylation sites is 1. The van der Waals surface area contributed by atoms with E-state index in [9.17, 15) is 19.8 Å². The first-order valence-corrected chi connectivity index (χ1v) is 7.36. The van der Waals surface area contributed by atoms with Crippen molar-refractivity contribution < 1.29 is 14.9 Å². The molecule has 122 valence electrons. The zero-order valence-electron chi connectivity index (χ0n) is 12.7. The molecule has 1 aliphatic rings. The zero-order valence-corrected chi connectivity index (χ0v) is 12.7. The highest BCUT2D eigenvalue weighted by atomic mass is 16.5. The summed E-state index contributed by atoms with van der Waals surface area (Å²) in [6.45, 7) is 1.28. The van der Waals surface area contributed by atoms with E-state index in [-0.39, 0.29) is 12.4 Å². The molecule has 0 radical (unpaired) electrons. The van der Waals surface area contributed by atoms with Crippen molar-refractivity contribution in [2.24, 2.45) is 0 Å². The summed E-state index contributed by atoms with van der Waals surface area (Å²) < 4.78 is 7.27. The molecule has 0 saturated carbocycles. The Kier molecular flexibility index (Phi) is 3.83. The number of aromatic nitrogens is 2. The number of aromatic hydroxyl groups is 1. The molecule has 23 heavy (non-hydrogen) atoms. The molecule has 1 aliphatic heterocycles. The Labute approximate surface area is 131 Å². The number of phenols is 1. The molecule has 1 aromatic heterocycles. The van der Waals surface area contributed by atoms with Crippen LogP contribution in [0.15, 0.2) is 40.1 Å². The van der Waals surface area contributed by atoms with Gasteiger partial charge in [-0.25, -0.2) is 4.79 Å². The average molecular weight is 318 g/mol. The van der Waals surface area contributed by atoms with Crippen molar-refractivity contribution in [2.75, 3.05) is 6.61 Å². The first-order valence-electron chi connectivity index (χ1n) is 7.36. The van der Waals surface area contributed by atoms with Gasteiger partial charge in [-0.05, 0) is 25.8 Å². The number of aromatic amines is 1. The van der Waals surface area contributed by atoms with E-state index in [2.05, 4.69) is 4.98 Å². The van der Waals surface area contributed by atoms with Gasteiger partial charge in [0.05, 0.1) is 6.61 Å².